The van der Waals surface area contributed by atoms with Gasteiger partial charge in [0, 0.05) is 6.20 Å². The summed E-state index contributed by atoms with van der Waals surface area (Å²) in [5, 5.41) is 8.54. The van der Waals surface area contributed by atoms with Crippen LogP contribution in [-0.4, -0.2) is 22.5 Å². The summed E-state index contributed by atoms with van der Waals surface area (Å²) in [4.78, 5) is 15.9. The predicted molar refractivity (Wildman–Crippen MR) is 86.6 cm³/mol. The van der Waals surface area contributed by atoms with Crippen molar-refractivity contribution in [1.82, 2.24) is 9.38 Å². The molecule has 0 unspecified atom stereocenters. The maximum absolute atomic E-state index is 11.4. The van der Waals surface area contributed by atoms with E-state index < -0.39 is 0 Å². The SMILES string of the molecule is COC(=O)c1ccc(N=Nc2c(C)nc3c(C)cccn23)cc1. The minimum Gasteiger partial charge on any atom is -0.465 e. The number of aromatic nitrogens is 2. The largest absolute Gasteiger partial charge is 0.465 e. The third kappa shape index (κ3) is 2.83. The molecule has 2 heterocycles. The minimum absolute atomic E-state index is 0.374. The van der Waals surface area contributed by atoms with Crippen LogP contribution in [0.2, 0.25) is 0 Å². The Bertz CT molecular complexity index is 895. The summed E-state index contributed by atoms with van der Waals surface area (Å²) in [6.07, 6.45) is 1.91. The van der Waals surface area contributed by atoms with Gasteiger partial charge in [0.2, 0.25) is 0 Å². The maximum atomic E-state index is 11.4. The Morgan fingerprint density at radius 1 is 1.13 bits per heavy atom. The molecular formula is C17H16N4O2. The standard InChI is InChI=1S/C17H16N4O2/c1-11-5-4-10-21-15(11)18-12(2)16(21)20-19-14-8-6-13(7-9-14)17(22)23-3/h4-10H,1-3H3. The first kappa shape index (κ1) is 14.9. The van der Waals surface area contributed by atoms with Crippen LogP contribution in [0.5, 0.6) is 0 Å². The van der Waals surface area contributed by atoms with Crippen molar-refractivity contribution in [3.05, 3.63) is 59.4 Å². The lowest BCUT2D eigenvalue weighted by Gasteiger charge is -1.99. The molecule has 0 aliphatic heterocycles. The second-order valence-electron chi connectivity index (χ2n) is 5.14. The Labute approximate surface area is 133 Å². The highest BCUT2D eigenvalue weighted by Crippen LogP contribution is 2.25. The van der Waals surface area contributed by atoms with E-state index in [1.807, 2.05) is 36.6 Å². The summed E-state index contributed by atoms with van der Waals surface area (Å²) in [6.45, 7) is 3.91. The van der Waals surface area contributed by atoms with Crippen LogP contribution in [0.4, 0.5) is 11.5 Å². The second kappa shape index (κ2) is 6.00. The number of pyridine rings is 1. The van der Waals surface area contributed by atoms with Crippen molar-refractivity contribution in [2.24, 2.45) is 10.2 Å². The summed E-state index contributed by atoms with van der Waals surface area (Å²) < 4.78 is 6.58. The normalized spacial score (nSPS) is 11.3. The lowest BCUT2D eigenvalue weighted by atomic mass is 10.2. The van der Waals surface area contributed by atoms with E-state index >= 15 is 0 Å². The average Bonchev–Trinajstić information content (AvgIpc) is 2.90. The number of ether oxygens (including phenoxy) is 1. The molecule has 0 saturated carbocycles. The van der Waals surface area contributed by atoms with Gasteiger partial charge in [-0.3, -0.25) is 4.40 Å². The topological polar surface area (TPSA) is 68.3 Å². The molecule has 0 saturated heterocycles. The number of carbonyl (C=O) groups excluding carboxylic acids is 1. The van der Waals surface area contributed by atoms with Crippen molar-refractivity contribution < 1.29 is 9.53 Å². The van der Waals surface area contributed by atoms with Gasteiger partial charge in [0.25, 0.3) is 0 Å². The molecule has 3 rings (SSSR count). The number of nitrogens with zero attached hydrogens (tertiary/aromatic N) is 4. The van der Waals surface area contributed by atoms with E-state index in [9.17, 15) is 4.79 Å². The third-order valence-electron chi connectivity index (χ3n) is 3.54. The number of rotatable bonds is 3. The highest BCUT2D eigenvalue weighted by molar-refractivity contribution is 5.89. The first-order valence-corrected chi connectivity index (χ1v) is 7.14. The predicted octanol–water partition coefficient (Wildman–Crippen LogP) is 4.15. The van der Waals surface area contributed by atoms with Crippen molar-refractivity contribution in [3.8, 4) is 0 Å². The lowest BCUT2D eigenvalue weighted by Crippen LogP contribution is -1.99. The Morgan fingerprint density at radius 2 is 1.87 bits per heavy atom. The van der Waals surface area contributed by atoms with Gasteiger partial charge in [0.05, 0.1) is 24.1 Å². The molecule has 0 spiro atoms. The monoisotopic (exact) mass is 308 g/mol. The number of hydrogen-bond donors (Lipinski definition) is 0. The molecule has 0 fully saturated rings. The van der Waals surface area contributed by atoms with E-state index in [0.717, 1.165) is 16.9 Å². The Morgan fingerprint density at radius 3 is 2.57 bits per heavy atom. The van der Waals surface area contributed by atoms with Gasteiger partial charge >= 0.3 is 5.97 Å². The van der Waals surface area contributed by atoms with E-state index in [1.54, 1.807) is 24.3 Å². The number of azo groups is 1. The van der Waals surface area contributed by atoms with Crippen LogP contribution in [0.25, 0.3) is 5.65 Å². The zero-order chi connectivity index (χ0) is 16.4. The van der Waals surface area contributed by atoms with E-state index in [1.165, 1.54) is 7.11 Å². The van der Waals surface area contributed by atoms with Crippen molar-refractivity contribution >= 4 is 23.1 Å². The molecule has 3 aromatic rings. The lowest BCUT2D eigenvalue weighted by molar-refractivity contribution is 0.0601. The molecular weight excluding hydrogens is 292 g/mol. The van der Waals surface area contributed by atoms with Crippen molar-refractivity contribution in [3.63, 3.8) is 0 Å². The molecule has 0 bridgehead atoms. The first-order chi connectivity index (χ1) is 11.1. The number of hydrogen-bond acceptors (Lipinski definition) is 5. The third-order valence-corrected chi connectivity index (χ3v) is 3.54. The summed E-state index contributed by atoms with van der Waals surface area (Å²) in [7, 11) is 1.35. The summed E-state index contributed by atoms with van der Waals surface area (Å²) in [5.41, 5.74) is 3.90. The van der Waals surface area contributed by atoms with Gasteiger partial charge in [0.15, 0.2) is 5.82 Å². The van der Waals surface area contributed by atoms with Crippen LogP contribution in [0, 0.1) is 13.8 Å². The molecule has 1 aromatic carbocycles. The van der Waals surface area contributed by atoms with Crippen molar-refractivity contribution in [1.29, 1.82) is 0 Å². The van der Waals surface area contributed by atoms with Crippen molar-refractivity contribution in [2.75, 3.05) is 7.11 Å². The number of esters is 1. The van der Waals surface area contributed by atoms with Gasteiger partial charge in [0.1, 0.15) is 5.65 Å². The highest BCUT2D eigenvalue weighted by atomic mass is 16.5. The summed E-state index contributed by atoms with van der Waals surface area (Å²) in [6, 6.07) is 10.7. The molecule has 2 aromatic heterocycles. The minimum atomic E-state index is -0.374. The van der Waals surface area contributed by atoms with Gasteiger partial charge < -0.3 is 4.74 Å². The van der Waals surface area contributed by atoms with Crippen LogP contribution in [-0.2, 0) is 4.74 Å². The number of imidazole rings is 1. The summed E-state index contributed by atoms with van der Waals surface area (Å²) in [5.74, 6) is 0.322. The molecule has 23 heavy (non-hydrogen) atoms. The van der Waals surface area contributed by atoms with Gasteiger partial charge in [-0.05, 0) is 49.7 Å². The van der Waals surface area contributed by atoms with Crippen LogP contribution in [0.1, 0.15) is 21.6 Å². The molecule has 0 aliphatic rings. The zero-order valence-electron chi connectivity index (χ0n) is 13.1. The Kier molecular flexibility index (Phi) is 3.89. The molecule has 116 valence electrons. The van der Waals surface area contributed by atoms with Crippen molar-refractivity contribution in [2.45, 2.75) is 13.8 Å². The molecule has 0 radical (unpaired) electrons. The molecule has 0 amide bonds. The quantitative estimate of drug-likeness (QED) is 0.539. The molecule has 0 aliphatic carbocycles. The second-order valence-corrected chi connectivity index (χ2v) is 5.14. The number of fused-ring (bicyclic) bond motifs is 1. The van der Waals surface area contributed by atoms with E-state index in [2.05, 4.69) is 19.9 Å². The van der Waals surface area contributed by atoms with Crippen LogP contribution in [0.3, 0.4) is 0 Å². The van der Waals surface area contributed by atoms with Gasteiger partial charge in [-0.15, -0.1) is 10.2 Å². The molecule has 0 N–H and O–H groups in total. The van der Waals surface area contributed by atoms with E-state index in [-0.39, 0.29) is 5.97 Å². The maximum Gasteiger partial charge on any atom is 0.337 e. The molecule has 6 nitrogen and oxygen atoms in total. The van der Waals surface area contributed by atoms with Crippen LogP contribution in [0.15, 0.2) is 52.8 Å². The number of aryl methyl sites for hydroxylation is 2. The fourth-order valence-corrected chi connectivity index (χ4v) is 2.31. The Hall–Kier alpha value is -3.02. The fraction of sp³-hybridized carbons (Fsp3) is 0.176. The average molecular weight is 308 g/mol. The number of methoxy groups -OCH3 is 1. The van der Waals surface area contributed by atoms with Crippen LogP contribution < -0.4 is 0 Å². The van der Waals surface area contributed by atoms with Gasteiger partial charge in [-0.2, -0.15) is 0 Å². The van der Waals surface area contributed by atoms with E-state index in [4.69, 9.17) is 0 Å². The zero-order valence-corrected chi connectivity index (χ0v) is 13.1. The summed E-state index contributed by atoms with van der Waals surface area (Å²) >= 11 is 0. The number of carbonyl (C=O) groups is 1. The van der Waals surface area contributed by atoms with Gasteiger partial charge in [-0.1, -0.05) is 6.07 Å². The molecule has 0 atom stereocenters. The fourth-order valence-electron chi connectivity index (χ4n) is 2.31. The number of benzene rings is 1. The smallest absolute Gasteiger partial charge is 0.337 e. The Balaban J connectivity index is 1.93. The van der Waals surface area contributed by atoms with Crippen LogP contribution >= 0.6 is 0 Å². The van der Waals surface area contributed by atoms with Gasteiger partial charge in [-0.25, -0.2) is 9.78 Å². The van der Waals surface area contributed by atoms with E-state index in [0.29, 0.717) is 17.1 Å². The highest BCUT2D eigenvalue weighted by Gasteiger charge is 2.09. The molecule has 6 heteroatoms. The first-order valence-electron chi connectivity index (χ1n) is 7.14.